The largest absolute Gasteiger partial charge is 0.339 e. The lowest BCUT2D eigenvalue weighted by Crippen LogP contribution is -2.52. The average Bonchev–Trinajstić information content (AvgIpc) is 3.48. The Balaban J connectivity index is 1.31. The van der Waals surface area contributed by atoms with Crippen LogP contribution in [0.3, 0.4) is 0 Å². The van der Waals surface area contributed by atoms with Crippen LogP contribution >= 0.6 is 0 Å². The second kappa shape index (κ2) is 7.33. The van der Waals surface area contributed by atoms with Crippen molar-refractivity contribution in [2.45, 2.75) is 38.6 Å². The van der Waals surface area contributed by atoms with E-state index in [0.29, 0.717) is 50.7 Å². The molecular weight excluding hydrogens is 342 g/mol. The van der Waals surface area contributed by atoms with Gasteiger partial charge in [0, 0.05) is 50.7 Å². The zero-order valence-electron chi connectivity index (χ0n) is 15.9. The molecule has 1 saturated carbocycles. The van der Waals surface area contributed by atoms with Gasteiger partial charge < -0.3 is 14.7 Å². The van der Waals surface area contributed by atoms with E-state index in [2.05, 4.69) is 6.92 Å². The fraction of sp³-hybridized carbons (Fsp3) is 0.571. The zero-order chi connectivity index (χ0) is 19.0. The van der Waals surface area contributed by atoms with Crippen molar-refractivity contribution in [1.82, 2.24) is 14.7 Å². The summed E-state index contributed by atoms with van der Waals surface area (Å²) in [7, 11) is 0. The molecule has 0 N–H and O–H groups in total. The molecule has 1 aromatic carbocycles. The Morgan fingerprint density at radius 3 is 2.22 bits per heavy atom. The third kappa shape index (κ3) is 3.70. The lowest BCUT2D eigenvalue weighted by atomic mass is 10.1. The predicted octanol–water partition coefficient (Wildman–Crippen LogP) is 1.54. The van der Waals surface area contributed by atoms with E-state index >= 15 is 0 Å². The van der Waals surface area contributed by atoms with Gasteiger partial charge in [-0.2, -0.15) is 0 Å². The highest BCUT2D eigenvalue weighted by atomic mass is 16.2. The Hall–Kier alpha value is -2.37. The number of piperazine rings is 1. The number of nitrogens with zero attached hydrogens (tertiary/aromatic N) is 3. The van der Waals surface area contributed by atoms with Crippen molar-refractivity contribution >= 4 is 17.7 Å². The normalized spacial score (nSPS) is 23.1. The molecule has 3 fully saturated rings. The van der Waals surface area contributed by atoms with Crippen LogP contribution in [0.2, 0.25) is 0 Å². The number of benzene rings is 1. The molecule has 1 aromatic rings. The second-order valence-corrected chi connectivity index (χ2v) is 7.85. The monoisotopic (exact) mass is 369 g/mol. The van der Waals surface area contributed by atoms with E-state index in [4.69, 9.17) is 0 Å². The summed E-state index contributed by atoms with van der Waals surface area (Å²) in [6.45, 7) is 4.86. The summed E-state index contributed by atoms with van der Waals surface area (Å²) < 4.78 is 0. The molecule has 27 heavy (non-hydrogen) atoms. The van der Waals surface area contributed by atoms with Crippen molar-refractivity contribution in [3.63, 3.8) is 0 Å². The van der Waals surface area contributed by atoms with E-state index in [9.17, 15) is 14.4 Å². The first kappa shape index (κ1) is 18.0. The summed E-state index contributed by atoms with van der Waals surface area (Å²) in [5.74, 6) is 0.0220. The highest BCUT2D eigenvalue weighted by molar-refractivity contribution is 5.94. The molecule has 1 atom stereocenters. The summed E-state index contributed by atoms with van der Waals surface area (Å²) in [5, 5.41) is 0. The first-order valence-electron chi connectivity index (χ1n) is 10.0. The summed E-state index contributed by atoms with van der Waals surface area (Å²) in [6, 6.07) is 8.14. The van der Waals surface area contributed by atoms with Gasteiger partial charge >= 0.3 is 0 Å². The smallest absolute Gasteiger partial charge is 0.253 e. The molecule has 2 saturated heterocycles. The van der Waals surface area contributed by atoms with Crippen LogP contribution < -0.4 is 0 Å². The van der Waals surface area contributed by atoms with Gasteiger partial charge in [-0.05, 0) is 37.0 Å². The van der Waals surface area contributed by atoms with Crippen LogP contribution in [-0.4, -0.2) is 71.2 Å². The maximum atomic E-state index is 12.8. The maximum absolute atomic E-state index is 12.8. The van der Waals surface area contributed by atoms with Gasteiger partial charge in [0.1, 0.15) is 0 Å². The van der Waals surface area contributed by atoms with Crippen LogP contribution in [0.4, 0.5) is 0 Å². The Kier molecular flexibility index (Phi) is 4.89. The van der Waals surface area contributed by atoms with Gasteiger partial charge in [-0.25, -0.2) is 0 Å². The Bertz CT molecular complexity index is 734. The van der Waals surface area contributed by atoms with Gasteiger partial charge in [0.15, 0.2) is 0 Å². The van der Waals surface area contributed by atoms with Crippen LogP contribution in [0.5, 0.6) is 0 Å². The minimum Gasteiger partial charge on any atom is -0.339 e. The van der Waals surface area contributed by atoms with Crippen molar-refractivity contribution in [2.24, 2.45) is 5.92 Å². The van der Waals surface area contributed by atoms with E-state index in [1.807, 2.05) is 39.0 Å². The van der Waals surface area contributed by atoms with Crippen molar-refractivity contribution in [2.75, 3.05) is 32.7 Å². The molecular formula is C21H27N3O3. The van der Waals surface area contributed by atoms with E-state index in [0.717, 1.165) is 19.3 Å². The molecule has 4 rings (SSSR count). The number of carbonyl (C=O) groups excluding carboxylic acids is 3. The number of amides is 3. The number of hydrogen-bond donors (Lipinski definition) is 0. The molecule has 6 heteroatoms. The lowest BCUT2D eigenvalue weighted by Gasteiger charge is -2.36. The molecule has 3 amide bonds. The zero-order valence-corrected chi connectivity index (χ0v) is 15.9. The molecule has 3 aliphatic rings. The molecule has 1 aliphatic carbocycles. The summed E-state index contributed by atoms with van der Waals surface area (Å²) in [6.07, 6.45) is 3.45. The number of aryl methyl sites for hydroxylation is 1. The van der Waals surface area contributed by atoms with E-state index in [1.54, 1.807) is 0 Å². The van der Waals surface area contributed by atoms with E-state index < -0.39 is 0 Å². The predicted molar refractivity (Wildman–Crippen MR) is 101 cm³/mol. The molecule has 0 aromatic heterocycles. The lowest BCUT2D eigenvalue weighted by molar-refractivity contribution is -0.137. The molecule has 2 aliphatic heterocycles. The van der Waals surface area contributed by atoms with Crippen molar-refractivity contribution < 1.29 is 14.4 Å². The summed E-state index contributed by atoms with van der Waals surface area (Å²) >= 11 is 0. The molecule has 0 unspecified atom stereocenters. The third-order valence-electron chi connectivity index (χ3n) is 5.98. The first-order chi connectivity index (χ1) is 13.1. The van der Waals surface area contributed by atoms with Gasteiger partial charge in [-0.1, -0.05) is 19.1 Å². The number of rotatable bonds is 4. The van der Waals surface area contributed by atoms with Gasteiger partial charge in [-0.3, -0.25) is 14.4 Å². The van der Waals surface area contributed by atoms with Gasteiger partial charge in [-0.15, -0.1) is 0 Å². The van der Waals surface area contributed by atoms with E-state index in [1.165, 1.54) is 5.56 Å². The SMILES string of the molecule is CCc1ccc(C(=O)N2CCN(C(=O)[C@@H]3CC(=O)N(C4CC4)C3)CC2)cc1. The van der Waals surface area contributed by atoms with Gasteiger partial charge in [0.05, 0.1) is 5.92 Å². The second-order valence-electron chi connectivity index (χ2n) is 7.85. The van der Waals surface area contributed by atoms with Gasteiger partial charge in [0.25, 0.3) is 5.91 Å². The van der Waals surface area contributed by atoms with Crippen LogP contribution in [-0.2, 0) is 16.0 Å². The Morgan fingerprint density at radius 1 is 1.00 bits per heavy atom. The molecule has 144 valence electrons. The van der Waals surface area contributed by atoms with Crippen LogP contribution in [0.15, 0.2) is 24.3 Å². The number of hydrogen-bond acceptors (Lipinski definition) is 3. The fourth-order valence-corrected chi connectivity index (χ4v) is 4.09. The minimum atomic E-state index is -0.207. The molecule has 2 heterocycles. The van der Waals surface area contributed by atoms with Crippen molar-refractivity contribution in [3.8, 4) is 0 Å². The molecule has 0 radical (unpaired) electrons. The standard InChI is InChI=1S/C21H27N3O3/c1-2-15-3-5-16(6-4-15)20(26)22-9-11-23(12-10-22)21(27)17-13-19(25)24(14-17)18-7-8-18/h3-6,17-18H,2,7-14H2,1H3/t17-/m1/s1. The van der Waals surface area contributed by atoms with Gasteiger partial charge in [0.2, 0.25) is 11.8 Å². The van der Waals surface area contributed by atoms with Crippen LogP contribution in [0, 0.1) is 5.92 Å². The average molecular weight is 369 g/mol. The molecule has 0 bridgehead atoms. The number of carbonyl (C=O) groups is 3. The minimum absolute atomic E-state index is 0.0284. The topological polar surface area (TPSA) is 60.9 Å². The van der Waals surface area contributed by atoms with E-state index in [-0.39, 0.29) is 23.6 Å². The van der Waals surface area contributed by atoms with Crippen molar-refractivity contribution in [1.29, 1.82) is 0 Å². The quantitative estimate of drug-likeness (QED) is 0.809. The van der Waals surface area contributed by atoms with Crippen molar-refractivity contribution in [3.05, 3.63) is 35.4 Å². The molecule has 0 spiro atoms. The van der Waals surface area contributed by atoms with Crippen LogP contribution in [0.1, 0.15) is 42.1 Å². The summed E-state index contributed by atoms with van der Waals surface area (Å²) in [5.41, 5.74) is 1.92. The fourth-order valence-electron chi connectivity index (χ4n) is 4.09. The molecule has 6 nitrogen and oxygen atoms in total. The third-order valence-corrected chi connectivity index (χ3v) is 5.98. The highest BCUT2D eigenvalue weighted by Gasteiger charge is 2.43. The Labute approximate surface area is 160 Å². The first-order valence-corrected chi connectivity index (χ1v) is 10.0. The highest BCUT2D eigenvalue weighted by Crippen LogP contribution is 2.33. The number of likely N-dealkylation sites (tertiary alicyclic amines) is 1. The van der Waals surface area contributed by atoms with Crippen LogP contribution in [0.25, 0.3) is 0 Å². The summed E-state index contributed by atoms with van der Waals surface area (Å²) in [4.78, 5) is 43.1. The Morgan fingerprint density at radius 2 is 1.63 bits per heavy atom. The maximum Gasteiger partial charge on any atom is 0.253 e.